The summed E-state index contributed by atoms with van der Waals surface area (Å²) in [4.78, 5) is 12.7. The van der Waals surface area contributed by atoms with Gasteiger partial charge in [-0.1, -0.05) is 36.3 Å². The van der Waals surface area contributed by atoms with Crippen LogP contribution in [0.5, 0.6) is 0 Å². The third-order valence-corrected chi connectivity index (χ3v) is 5.93. The Hall–Kier alpha value is -1.82. The lowest BCUT2D eigenvalue weighted by atomic mass is 9.97. The van der Waals surface area contributed by atoms with Gasteiger partial charge >= 0.3 is 0 Å². The molecule has 144 valence electrons. The SMILES string of the molecule is CC[C@H](C(=O)NCCC1=CCCCC1)N(c1ccc(C)cc1)S(C)(=O)=O. The first-order valence-corrected chi connectivity index (χ1v) is 11.2. The number of carbonyl (C=O) groups is 1. The van der Waals surface area contributed by atoms with E-state index in [0.29, 0.717) is 18.7 Å². The zero-order valence-corrected chi connectivity index (χ0v) is 16.8. The molecule has 0 aromatic heterocycles. The Morgan fingerprint density at radius 3 is 2.46 bits per heavy atom. The van der Waals surface area contributed by atoms with Crippen LogP contribution in [0, 0.1) is 6.92 Å². The van der Waals surface area contributed by atoms with Gasteiger partial charge in [0.25, 0.3) is 0 Å². The normalized spacial score (nSPS) is 15.9. The van der Waals surface area contributed by atoms with Gasteiger partial charge in [0.15, 0.2) is 0 Å². The van der Waals surface area contributed by atoms with E-state index < -0.39 is 16.1 Å². The summed E-state index contributed by atoms with van der Waals surface area (Å²) in [6, 6.07) is 6.47. The van der Waals surface area contributed by atoms with Gasteiger partial charge in [0, 0.05) is 6.54 Å². The number of amides is 1. The Morgan fingerprint density at radius 1 is 1.23 bits per heavy atom. The summed E-state index contributed by atoms with van der Waals surface area (Å²) in [5.74, 6) is -0.241. The number of sulfonamides is 1. The van der Waals surface area contributed by atoms with Gasteiger partial charge in [-0.15, -0.1) is 0 Å². The number of carbonyl (C=O) groups excluding carboxylic acids is 1. The molecule has 0 unspecified atom stereocenters. The van der Waals surface area contributed by atoms with Gasteiger partial charge < -0.3 is 5.32 Å². The highest BCUT2D eigenvalue weighted by atomic mass is 32.2. The van der Waals surface area contributed by atoms with Gasteiger partial charge in [0.05, 0.1) is 11.9 Å². The summed E-state index contributed by atoms with van der Waals surface area (Å²) < 4.78 is 26.0. The molecule has 0 fully saturated rings. The van der Waals surface area contributed by atoms with Crippen molar-refractivity contribution in [2.24, 2.45) is 0 Å². The molecular weight excluding hydrogens is 348 g/mol. The molecule has 0 aliphatic heterocycles. The van der Waals surface area contributed by atoms with Crippen molar-refractivity contribution in [3.05, 3.63) is 41.5 Å². The maximum atomic E-state index is 12.7. The fourth-order valence-electron chi connectivity index (χ4n) is 3.35. The minimum Gasteiger partial charge on any atom is -0.354 e. The fraction of sp³-hybridized carbons (Fsp3) is 0.550. The smallest absolute Gasteiger partial charge is 0.243 e. The van der Waals surface area contributed by atoms with Crippen molar-refractivity contribution in [1.29, 1.82) is 0 Å². The number of allylic oxidation sites excluding steroid dienone is 1. The summed E-state index contributed by atoms with van der Waals surface area (Å²) in [6.45, 7) is 4.32. The molecule has 26 heavy (non-hydrogen) atoms. The van der Waals surface area contributed by atoms with Crippen molar-refractivity contribution in [3.63, 3.8) is 0 Å². The summed E-state index contributed by atoms with van der Waals surface area (Å²) in [5.41, 5.74) is 2.96. The number of benzene rings is 1. The van der Waals surface area contributed by atoms with Gasteiger partial charge in [-0.3, -0.25) is 9.10 Å². The third-order valence-electron chi connectivity index (χ3n) is 4.75. The molecule has 0 saturated heterocycles. The van der Waals surface area contributed by atoms with Gasteiger partial charge in [-0.25, -0.2) is 8.42 Å². The number of hydrogen-bond acceptors (Lipinski definition) is 3. The van der Waals surface area contributed by atoms with Gasteiger partial charge in [-0.2, -0.15) is 0 Å². The Kier molecular flexibility index (Phi) is 7.26. The van der Waals surface area contributed by atoms with Crippen LogP contribution in [-0.4, -0.2) is 33.2 Å². The molecule has 0 spiro atoms. The molecule has 1 aliphatic rings. The lowest BCUT2D eigenvalue weighted by molar-refractivity contribution is -0.122. The second-order valence-electron chi connectivity index (χ2n) is 6.97. The van der Waals surface area contributed by atoms with Crippen LogP contribution in [0.15, 0.2) is 35.9 Å². The van der Waals surface area contributed by atoms with Crippen LogP contribution in [0.1, 0.15) is 51.0 Å². The molecule has 6 heteroatoms. The van der Waals surface area contributed by atoms with Crippen LogP contribution in [-0.2, 0) is 14.8 Å². The Labute approximate surface area is 157 Å². The van der Waals surface area contributed by atoms with Crippen LogP contribution in [0.4, 0.5) is 5.69 Å². The molecule has 1 aliphatic carbocycles. The van der Waals surface area contributed by atoms with Crippen LogP contribution in [0.3, 0.4) is 0 Å². The minimum atomic E-state index is -3.57. The molecular formula is C20H30N2O3S. The quantitative estimate of drug-likeness (QED) is 0.704. The number of rotatable bonds is 8. The molecule has 1 amide bonds. The largest absolute Gasteiger partial charge is 0.354 e. The maximum absolute atomic E-state index is 12.7. The molecule has 1 aromatic carbocycles. The van der Waals surface area contributed by atoms with E-state index in [9.17, 15) is 13.2 Å². The van der Waals surface area contributed by atoms with E-state index >= 15 is 0 Å². The average Bonchev–Trinajstić information content (AvgIpc) is 2.60. The predicted molar refractivity (Wildman–Crippen MR) is 107 cm³/mol. The molecule has 5 nitrogen and oxygen atoms in total. The van der Waals surface area contributed by atoms with Crippen molar-refractivity contribution < 1.29 is 13.2 Å². The molecule has 1 N–H and O–H groups in total. The molecule has 1 atom stereocenters. The highest BCUT2D eigenvalue weighted by Crippen LogP contribution is 2.23. The Bertz CT molecular complexity index is 739. The van der Waals surface area contributed by atoms with E-state index in [2.05, 4.69) is 11.4 Å². The predicted octanol–water partition coefficient (Wildman–Crippen LogP) is 3.55. The number of hydrogen-bond donors (Lipinski definition) is 1. The fourth-order valence-corrected chi connectivity index (χ4v) is 4.56. The van der Waals surface area contributed by atoms with Crippen molar-refractivity contribution in [3.8, 4) is 0 Å². The summed E-state index contributed by atoms with van der Waals surface area (Å²) in [6.07, 6.45) is 9.35. The molecule has 1 aromatic rings. The minimum absolute atomic E-state index is 0.241. The zero-order chi connectivity index (χ0) is 19.2. The summed E-state index contributed by atoms with van der Waals surface area (Å²) in [5, 5.41) is 2.93. The van der Waals surface area contributed by atoms with E-state index in [1.807, 2.05) is 26.0 Å². The summed E-state index contributed by atoms with van der Waals surface area (Å²) in [7, 11) is -3.57. The molecule has 0 saturated carbocycles. The van der Waals surface area contributed by atoms with Crippen molar-refractivity contribution in [1.82, 2.24) is 5.32 Å². The van der Waals surface area contributed by atoms with Crippen LogP contribution < -0.4 is 9.62 Å². The van der Waals surface area contributed by atoms with E-state index in [1.165, 1.54) is 22.7 Å². The first-order chi connectivity index (χ1) is 12.3. The van der Waals surface area contributed by atoms with Gasteiger partial charge in [0.2, 0.25) is 15.9 Å². The first-order valence-electron chi connectivity index (χ1n) is 9.34. The number of anilines is 1. The lowest BCUT2D eigenvalue weighted by Crippen LogP contribution is -2.49. The Balaban J connectivity index is 2.09. The van der Waals surface area contributed by atoms with E-state index in [4.69, 9.17) is 0 Å². The lowest BCUT2D eigenvalue weighted by Gasteiger charge is -2.30. The van der Waals surface area contributed by atoms with Crippen LogP contribution in [0.2, 0.25) is 0 Å². The average molecular weight is 379 g/mol. The van der Waals surface area contributed by atoms with E-state index in [1.54, 1.807) is 12.1 Å². The second-order valence-corrected chi connectivity index (χ2v) is 8.83. The highest BCUT2D eigenvalue weighted by Gasteiger charge is 2.31. The first kappa shape index (κ1) is 20.5. The molecule has 0 radical (unpaired) electrons. The van der Waals surface area contributed by atoms with Crippen LogP contribution >= 0.6 is 0 Å². The monoisotopic (exact) mass is 378 g/mol. The standard InChI is InChI=1S/C20H30N2O3S/c1-4-19(20(23)21-15-14-17-8-6-5-7-9-17)22(26(3,24)25)18-12-10-16(2)11-13-18/h8,10-13,19H,4-7,9,14-15H2,1-3H3,(H,21,23)/t19-/m1/s1. The Morgan fingerprint density at radius 2 is 1.92 bits per heavy atom. The number of nitrogens with zero attached hydrogens (tertiary/aromatic N) is 1. The van der Waals surface area contributed by atoms with Crippen molar-refractivity contribution in [2.45, 2.75) is 58.4 Å². The second kappa shape index (κ2) is 9.21. The van der Waals surface area contributed by atoms with Crippen molar-refractivity contribution in [2.75, 3.05) is 17.1 Å². The number of aryl methyl sites for hydroxylation is 1. The highest BCUT2D eigenvalue weighted by molar-refractivity contribution is 7.92. The third kappa shape index (κ3) is 5.59. The van der Waals surface area contributed by atoms with E-state index in [0.717, 1.165) is 31.1 Å². The zero-order valence-electron chi connectivity index (χ0n) is 16.0. The van der Waals surface area contributed by atoms with Crippen LogP contribution in [0.25, 0.3) is 0 Å². The molecule has 2 rings (SSSR count). The van der Waals surface area contributed by atoms with Gasteiger partial charge in [0.1, 0.15) is 6.04 Å². The number of nitrogens with one attached hydrogen (secondary N) is 1. The van der Waals surface area contributed by atoms with Crippen molar-refractivity contribution >= 4 is 21.6 Å². The molecule has 0 bridgehead atoms. The van der Waals surface area contributed by atoms with E-state index in [-0.39, 0.29) is 5.91 Å². The molecule has 0 heterocycles. The maximum Gasteiger partial charge on any atom is 0.243 e. The van der Waals surface area contributed by atoms with Gasteiger partial charge in [-0.05, 0) is 57.6 Å². The summed E-state index contributed by atoms with van der Waals surface area (Å²) >= 11 is 0. The topological polar surface area (TPSA) is 66.5 Å².